The number of hydrogen-bond donors (Lipinski definition) is 3. The highest BCUT2D eigenvalue weighted by atomic mass is 32.2. The fraction of sp³-hybridized carbons (Fsp3) is 0.500. The smallest absolute Gasteiger partial charge is 0.408 e. The second-order valence-electron chi connectivity index (χ2n) is 15.3. The first-order chi connectivity index (χ1) is 23.9. The van der Waals surface area contributed by atoms with Crippen molar-refractivity contribution in [3.63, 3.8) is 0 Å². The number of alkyl carbamates (subject to hydrolysis) is 1. The van der Waals surface area contributed by atoms with Crippen molar-refractivity contribution in [1.29, 1.82) is 0 Å². The Labute approximate surface area is 298 Å². The Kier molecular flexibility index (Phi) is 10.9. The van der Waals surface area contributed by atoms with Gasteiger partial charge in [0.25, 0.3) is 5.91 Å². The number of carbonyl (C=O) groups is 4. The highest BCUT2D eigenvalue weighted by molar-refractivity contribution is 7.90. The standard InChI is InChI=1S/C36H47N7O7S/c1-35(2,3)30(38-34(47)50-36(4,5)6)33(46)42-21-25(43-22-28(39-41-43)24-15-11-8-12-16-24)20-29(42)32(45)37-27(19-23-13-9-7-10-14-23)31(44)40-51(48,49)26-17-18-26/h7-16,22,25-27,29-30H,17-21H2,1-6H3,(H,37,45)(H,38,47)(H,40,44)/t25-,27+,29-,30+/m0/s1. The van der Waals surface area contributed by atoms with E-state index >= 15 is 0 Å². The Hall–Kier alpha value is -4.79. The molecule has 1 aliphatic heterocycles. The number of amides is 4. The molecule has 5 rings (SSSR count). The average Bonchev–Trinajstić information content (AvgIpc) is 3.65. The van der Waals surface area contributed by atoms with Gasteiger partial charge in [-0.1, -0.05) is 86.6 Å². The minimum atomic E-state index is -3.91. The van der Waals surface area contributed by atoms with E-state index in [4.69, 9.17) is 4.74 Å². The molecule has 0 bridgehead atoms. The first-order valence-electron chi connectivity index (χ1n) is 17.1. The Balaban J connectivity index is 1.45. The van der Waals surface area contributed by atoms with Crippen molar-refractivity contribution in [3.05, 3.63) is 72.4 Å². The summed E-state index contributed by atoms with van der Waals surface area (Å²) in [5.41, 5.74) is 0.533. The van der Waals surface area contributed by atoms with Gasteiger partial charge in [0, 0.05) is 24.9 Å². The van der Waals surface area contributed by atoms with Gasteiger partial charge in [-0.05, 0) is 44.6 Å². The van der Waals surface area contributed by atoms with Gasteiger partial charge in [0.2, 0.25) is 21.8 Å². The predicted molar refractivity (Wildman–Crippen MR) is 189 cm³/mol. The van der Waals surface area contributed by atoms with Crippen molar-refractivity contribution in [2.75, 3.05) is 6.54 Å². The summed E-state index contributed by atoms with van der Waals surface area (Å²) >= 11 is 0. The van der Waals surface area contributed by atoms with Gasteiger partial charge < -0.3 is 20.3 Å². The van der Waals surface area contributed by atoms with E-state index in [1.54, 1.807) is 82.8 Å². The van der Waals surface area contributed by atoms with Gasteiger partial charge in [0.1, 0.15) is 29.4 Å². The van der Waals surface area contributed by atoms with E-state index in [9.17, 15) is 27.6 Å². The van der Waals surface area contributed by atoms with Crippen LogP contribution in [0, 0.1) is 5.41 Å². The van der Waals surface area contributed by atoms with Crippen molar-refractivity contribution >= 4 is 33.8 Å². The highest BCUT2D eigenvalue weighted by Crippen LogP contribution is 2.32. The number of aromatic nitrogens is 3. The van der Waals surface area contributed by atoms with Gasteiger partial charge in [-0.15, -0.1) is 5.10 Å². The molecule has 15 heteroatoms. The van der Waals surface area contributed by atoms with Crippen molar-refractivity contribution in [1.82, 2.24) is 35.2 Å². The molecular formula is C36H47N7O7S. The number of benzene rings is 2. The van der Waals surface area contributed by atoms with E-state index < -0.39 is 74.3 Å². The van der Waals surface area contributed by atoms with E-state index in [-0.39, 0.29) is 19.4 Å². The first-order valence-corrected chi connectivity index (χ1v) is 18.6. The molecule has 0 radical (unpaired) electrons. The molecule has 2 fully saturated rings. The van der Waals surface area contributed by atoms with Crippen LogP contribution < -0.4 is 15.4 Å². The molecular weight excluding hydrogens is 675 g/mol. The summed E-state index contributed by atoms with van der Waals surface area (Å²) in [6.07, 6.45) is 2.00. The molecule has 2 aromatic carbocycles. The number of hydrogen-bond acceptors (Lipinski definition) is 9. The van der Waals surface area contributed by atoms with Crippen molar-refractivity contribution in [2.24, 2.45) is 5.41 Å². The molecule has 1 saturated carbocycles. The fourth-order valence-corrected chi connectivity index (χ4v) is 7.28. The summed E-state index contributed by atoms with van der Waals surface area (Å²) in [6.45, 7) is 10.6. The van der Waals surface area contributed by atoms with Gasteiger partial charge >= 0.3 is 6.09 Å². The predicted octanol–water partition coefficient (Wildman–Crippen LogP) is 3.36. The molecule has 1 aliphatic carbocycles. The van der Waals surface area contributed by atoms with E-state index in [0.717, 1.165) is 5.56 Å². The molecule has 3 N–H and O–H groups in total. The van der Waals surface area contributed by atoms with Crippen LogP contribution in [0.5, 0.6) is 0 Å². The quantitative estimate of drug-likeness (QED) is 0.268. The summed E-state index contributed by atoms with van der Waals surface area (Å²) in [7, 11) is -3.91. The molecule has 1 saturated heterocycles. The molecule has 51 heavy (non-hydrogen) atoms. The Morgan fingerprint density at radius 1 is 0.922 bits per heavy atom. The second kappa shape index (κ2) is 14.8. The van der Waals surface area contributed by atoms with Crippen LogP contribution in [-0.4, -0.2) is 87.6 Å². The Morgan fingerprint density at radius 2 is 1.55 bits per heavy atom. The van der Waals surface area contributed by atoms with Crippen LogP contribution in [0.3, 0.4) is 0 Å². The maximum Gasteiger partial charge on any atom is 0.408 e. The third-order valence-electron chi connectivity index (χ3n) is 8.71. The summed E-state index contributed by atoms with van der Waals surface area (Å²) in [5.74, 6) is -2.05. The first kappa shape index (κ1) is 37.5. The molecule has 14 nitrogen and oxygen atoms in total. The largest absolute Gasteiger partial charge is 0.444 e. The molecule has 4 atom stereocenters. The number of sulfonamides is 1. The summed E-state index contributed by atoms with van der Waals surface area (Å²) in [4.78, 5) is 56.5. The van der Waals surface area contributed by atoms with Gasteiger partial charge in [-0.3, -0.25) is 19.1 Å². The topological polar surface area (TPSA) is 182 Å². The van der Waals surface area contributed by atoms with Crippen LogP contribution in [-0.2, 0) is 35.6 Å². The number of rotatable bonds is 11. The normalized spacial score (nSPS) is 19.1. The van der Waals surface area contributed by atoms with Crippen LogP contribution in [0.15, 0.2) is 66.9 Å². The highest BCUT2D eigenvalue weighted by Gasteiger charge is 2.47. The summed E-state index contributed by atoms with van der Waals surface area (Å²) in [5, 5.41) is 13.5. The SMILES string of the molecule is CC(C)(C)OC(=O)N[C@H](C(=O)N1C[C@@H](n2cc(-c3ccccc3)nn2)C[C@H]1C(=O)N[C@H](Cc1ccccc1)C(=O)NS(=O)(=O)C1CC1)C(C)(C)C. The van der Waals surface area contributed by atoms with E-state index in [2.05, 4.69) is 25.7 Å². The molecule has 2 aliphatic rings. The molecule has 274 valence electrons. The molecule has 3 aromatic rings. The average molecular weight is 722 g/mol. The van der Waals surface area contributed by atoms with Crippen molar-refractivity contribution in [3.8, 4) is 11.3 Å². The number of nitrogens with zero attached hydrogens (tertiary/aromatic N) is 4. The van der Waals surface area contributed by atoms with Crippen molar-refractivity contribution < 1.29 is 32.3 Å². The van der Waals surface area contributed by atoms with E-state index in [0.29, 0.717) is 24.1 Å². The number of ether oxygens (including phenoxy) is 1. The number of carbonyl (C=O) groups excluding carboxylic acids is 4. The van der Waals surface area contributed by atoms with Gasteiger partial charge in [-0.2, -0.15) is 0 Å². The lowest BCUT2D eigenvalue weighted by atomic mass is 9.85. The lowest BCUT2D eigenvalue weighted by molar-refractivity contribution is -0.142. The maximum atomic E-state index is 14.5. The third-order valence-corrected chi connectivity index (χ3v) is 10.5. The second-order valence-corrected chi connectivity index (χ2v) is 17.2. The number of nitrogens with one attached hydrogen (secondary N) is 3. The minimum Gasteiger partial charge on any atom is -0.444 e. The Bertz CT molecular complexity index is 1830. The third kappa shape index (κ3) is 9.72. The number of likely N-dealkylation sites (tertiary alicyclic amines) is 1. The van der Waals surface area contributed by atoms with Crippen LogP contribution in [0.25, 0.3) is 11.3 Å². The Morgan fingerprint density at radius 3 is 2.14 bits per heavy atom. The van der Waals surface area contributed by atoms with Crippen LogP contribution in [0.4, 0.5) is 4.79 Å². The maximum absolute atomic E-state index is 14.5. The lowest BCUT2D eigenvalue weighted by Crippen LogP contribution is -2.59. The zero-order chi connectivity index (χ0) is 37.1. The molecule has 0 spiro atoms. The molecule has 1 aromatic heterocycles. The van der Waals surface area contributed by atoms with E-state index in [1.165, 1.54) is 4.90 Å². The molecule has 2 heterocycles. The van der Waals surface area contributed by atoms with Crippen LogP contribution >= 0.6 is 0 Å². The molecule has 4 amide bonds. The fourth-order valence-electron chi connectivity index (χ4n) is 5.93. The zero-order valence-corrected chi connectivity index (χ0v) is 30.6. The van der Waals surface area contributed by atoms with Crippen LogP contribution in [0.1, 0.15) is 72.4 Å². The molecule has 0 unspecified atom stereocenters. The zero-order valence-electron chi connectivity index (χ0n) is 29.8. The van der Waals surface area contributed by atoms with Gasteiger partial charge in [-0.25, -0.2) is 17.9 Å². The minimum absolute atomic E-state index is 0.0109. The monoisotopic (exact) mass is 721 g/mol. The van der Waals surface area contributed by atoms with Crippen LogP contribution in [0.2, 0.25) is 0 Å². The van der Waals surface area contributed by atoms with E-state index in [1.807, 2.05) is 30.3 Å². The van der Waals surface area contributed by atoms with Crippen molar-refractivity contribution in [2.45, 2.75) is 102 Å². The lowest BCUT2D eigenvalue weighted by Gasteiger charge is -2.36. The van der Waals surface area contributed by atoms with Gasteiger partial charge in [0.05, 0.1) is 17.5 Å². The van der Waals surface area contributed by atoms with Gasteiger partial charge in [0.15, 0.2) is 0 Å². The summed E-state index contributed by atoms with van der Waals surface area (Å²) < 4.78 is 34.7. The summed E-state index contributed by atoms with van der Waals surface area (Å²) in [6, 6.07) is 14.4.